The van der Waals surface area contributed by atoms with Gasteiger partial charge >= 0.3 is 0 Å². The third-order valence-electron chi connectivity index (χ3n) is 3.74. The Morgan fingerprint density at radius 1 is 1.40 bits per heavy atom. The molecule has 1 aromatic carbocycles. The fraction of sp³-hybridized carbons (Fsp3) is 0.571. The van der Waals surface area contributed by atoms with E-state index in [-0.39, 0.29) is 10.9 Å². The van der Waals surface area contributed by atoms with Gasteiger partial charge in [0.05, 0.1) is 4.90 Å². The van der Waals surface area contributed by atoms with Crippen LogP contribution < -0.4 is 10.5 Å². The normalized spacial score (nSPS) is 18.9. The van der Waals surface area contributed by atoms with E-state index in [4.69, 9.17) is 5.14 Å². The van der Waals surface area contributed by atoms with Crippen LogP contribution in [0, 0.1) is 5.92 Å². The number of rotatable bonds is 5. The molecule has 1 atom stereocenters. The lowest BCUT2D eigenvalue weighted by atomic mass is 10.0. The molecule has 0 radical (unpaired) electrons. The Hall–Kier alpha value is -0.560. The van der Waals surface area contributed by atoms with E-state index in [1.807, 2.05) is 17.8 Å². The number of nitrogens with two attached hydrogens (primary N) is 1. The monoisotopic (exact) mass is 314 g/mol. The molecule has 3 N–H and O–H groups in total. The molecule has 4 nitrogen and oxygen atoms in total. The standard InChI is InChI=1S/C14H22N2O2S2/c1-11(16-10-12-5-7-19-8-6-12)13-3-2-4-14(9-13)20(15,17)18/h2-4,9,11-12,16H,5-8,10H2,1H3,(H2,15,17,18). The molecule has 0 aromatic heterocycles. The highest BCUT2D eigenvalue weighted by atomic mass is 32.2. The van der Waals surface area contributed by atoms with Crippen LogP contribution in [0.1, 0.15) is 31.4 Å². The van der Waals surface area contributed by atoms with Gasteiger partial charge in [-0.3, -0.25) is 0 Å². The first kappa shape index (κ1) is 15.8. The van der Waals surface area contributed by atoms with E-state index in [0.717, 1.165) is 18.0 Å². The van der Waals surface area contributed by atoms with Crippen molar-refractivity contribution in [1.82, 2.24) is 5.32 Å². The van der Waals surface area contributed by atoms with Crippen molar-refractivity contribution >= 4 is 21.8 Å². The van der Waals surface area contributed by atoms with Crippen molar-refractivity contribution in [2.24, 2.45) is 11.1 Å². The molecule has 1 aliphatic rings. The Bertz CT molecular complexity index is 540. The third-order valence-corrected chi connectivity index (χ3v) is 5.70. The Kier molecular flexibility index (Phi) is 5.49. The summed E-state index contributed by atoms with van der Waals surface area (Å²) in [4.78, 5) is 0.178. The van der Waals surface area contributed by atoms with Crippen LogP contribution in [0.2, 0.25) is 0 Å². The molecule has 2 rings (SSSR count). The summed E-state index contributed by atoms with van der Waals surface area (Å²) in [6.45, 7) is 3.04. The van der Waals surface area contributed by atoms with Gasteiger partial charge in [-0.15, -0.1) is 0 Å². The Morgan fingerprint density at radius 2 is 2.10 bits per heavy atom. The minimum atomic E-state index is -3.62. The average Bonchev–Trinajstić information content (AvgIpc) is 2.45. The highest BCUT2D eigenvalue weighted by molar-refractivity contribution is 7.99. The number of nitrogens with one attached hydrogen (secondary N) is 1. The fourth-order valence-electron chi connectivity index (χ4n) is 2.37. The van der Waals surface area contributed by atoms with Crippen LogP contribution >= 0.6 is 11.8 Å². The van der Waals surface area contributed by atoms with Crippen molar-refractivity contribution in [3.63, 3.8) is 0 Å². The van der Waals surface area contributed by atoms with Gasteiger partial charge < -0.3 is 5.32 Å². The zero-order valence-corrected chi connectivity index (χ0v) is 13.3. The van der Waals surface area contributed by atoms with Crippen LogP contribution in [0.4, 0.5) is 0 Å². The molecule has 0 aliphatic carbocycles. The SMILES string of the molecule is CC(NCC1CCSCC1)c1cccc(S(N)(=O)=O)c1. The topological polar surface area (TPSA) is 72.2 Å². The lowest BCUT2D eigenvalue weighted by molar-refractivity contribution is 0.421. The lowest BCUT2D eigenvalue weighted by Crippen LogP contribution is -2.28. The summed E-state index contributed by atoms with van der Waals surface area (Å²) in [7, 11) is -3.62. The van der Waals surface area contributed by atoms with Crippen molar-refractivity contribution in [3.8, 4) is 0 Å². The number of hydrogen-bond donors (Lipinski definition) is 2. The summed E-state index contributed by atoms with van der Waals surface area (Å²) in [5.41, 5.74) is 0.960. The first-order chi connectivity index (χ1) is 9.47. The summed E-state index contributed by atoms with van der Waals surface area (Å²) in [6.07, 6.45) is 2.53. The van der Waals surface area contributed by atoms with E-state index < -0.39 is 10.0 Å². The van der Waals surface area contributed by atoms with E-state index >= 15 is 0 Å². The summed E-state index contributed by atoms with van der Waals surface area (Å²) in [5.74, 6) is 3.24. The largest absolute Gasteiger partial charge is 0.310 e. The molecule has 1 unspecified atom stereocenters. The van der Waals surface area contributed by atoms with Crippen molar-refractivity contribution < 1.29 is 8.42 Å². The Labute approximate surface area is 125 Å². The van der Waals surface area contributed by atoms with Gasteiger partial charge in [0.25, 0.3) is 0 Å². The number of hydrogen-bond acceptors (Lipinski definition) is 4. The first-order valence-corrected chi connectivity index (χ1v) is 9.61. The van der Waals surface area contributed by atoms with Gasteiger partial charge in [-0.25, -0.2) is 13.6 Å². The predicted molar refractivity (Wildman–Crippen MR) is 84.3 cm³/mol. The van der Waals surface area contributed by atoms with Crippen LogP contribution in [0.15, 0.2) is 29.2 Å². The van der Waals surface area contributed by atoms with Crippen LogP contribution in [-0.4, -0.2) is 26.5 Å². The molecule has 112 valence electrons. The number of thioether (sulfide) groups is 1. The maximum absolute atomic E-state index is 11.4. The van der Waals surface area contributed by atoms with Crippen LogP contribution in [0.25, 0.3) is 0 Å². The Balaban J connectivity index is 1.96. The quantitative estimate of drug-likeness (QED) is 0.873. The second kappa shape index (κ2) is 6.93. The molecule has 1 saturated heterocycles. The van der Waals surface area contributed by atoms with Crippen LogP contribution in [-0.2, 0) is 10.0 Å². The van der Waals surface area contributed by atoms with Crippen LogP contribution in [0.3, 0.4) is 0 Å². The molecule has 1 fully saturated rings. The van der Waals surface area contributed by atoms with E-state index in [1.165, 1.54) is 30.4 Å². The second-order valence-corrected chi connectivity index (χ2v) is 8.09. The molecule has 1 heterocycles. The van der Waals surface area contributed by atoms with Crippen molar-refractivity contribution in [2.45, 2.75) is 30.7 Å². The molecule has 1 aliphatic heterocycles. The summed E-state index contributed by atoms with van der Waals surface area (Å²) >= 11 is 2.03. The maximum atomic E-state index is 11.4. The lowest BCUT2D eigenvalue weighted by Gasteiger charge is -2.24. The zero-order valence-electron chi connectivity index (χ0n) is 11.7. The highest BCUT2D eigenvalue weighted by Crippen LogP contribution is 2.23. The highest BCUT2D eigenvalue weighted by Gasteiger charge is 2.16. The first-order valence-electron chi connectivity index (χ1n) is 6.90. The molecular weight excluding hydrogens is 292 g/mol. The van der Waals surface area contributed by atoms with Gasteiger partial charge in [-0.2, -0.15) is 11.8 Å². The number of primary sulfonamides is 1. The summed E-state index contributed by atoms with van der Waals surface area (Å²) in [5, 5.41) is 8.67. The molecular formula is C14H22N2O2S2. The zero-order chi connectivity index (χ0) is 14.6. The number of sulfonamides is 1. The van der Waals surface area contributed by atoms with E-state index in [2.05, 4.69) is 12.2 Å². The number of benzene rings is 1. The molecule has 1 aromatic rings. The molecule has 0 spiro atoms. The summed E-state index contributed by atoms with van der Waals surface area (Å²) in [6, 6.07) is 6.99. The van der Waals surface area contributed by atoms with E-state index in [0.29, 0.717) is 0 Å². The minimum Gasteiger partial charge on any atom is -0.310 e. The van der Waals surface area contributed by atoms with Gasteiger partial charge in [0.1, 0.15) is 0 Å². The molecule has 0 amide bonds. The van der Waals surface area contributed by atoms with Crippen LogP contribution in [0.5, 0.6) is 0 Å². The fourth-order valence-corrected chi connectivity index (χ4v) is 4.15. The third kappa shape index (κ3) is 4.48. The molecule has 0 saturated carbocycles. The van der Waals surface area contributed by atoms with Gasteiger partial charge in [0, 0.05) is 6.04 Å². The summed E-state index contributed by atoms with van der Waals surface area (Å²) < 4.78 is 22.7. The Morgan fingerprint density at radius 3 is 2.75 bits per heavy atom. The predicted octanol–water partition coefficient (Wildman–Crippen LogP) is 2.13. The average molecular weight is 314 g/mol. The van der Waals surface area contributed by atoms with Crippen molar-refractivity contribution in [2.75, 3.05) is 18.1 Å². The smallest absolute Gasteiger partial charge is 0.238 e. The van der Waals surface area contributed by atoms with Gasteiger partial charge in [-0.1, -0.05) is 12.1 Å². The van der Waals surface area contributed by atoms with E-state index in [1.54, 1.807) is 12.1 Å². The maximum Gasteiger partial charge on any atom is 0.238 e. The minimum absolute atomic E-state index is 0.131. The van der Waals surface area contributed by atoms with Crippen molar-refractivity contribution in [1.29, 1.82) is 0 Å². The van der Waals surface area contributed by atoms with Gasteiger partial charge in [-0.05, 0) is 61.4 Å². The second-order valence-electron chi connectivity index (χ2n) is 5.30. The van der Waals surface area contributed by atoms with Crippen molar-refractivity contribution in [3.05, 3.63) is 29.8 Å². The molecule has 20 heavy (non-hydrogen) atoms. The van der Waals surface area contributed by atoms with E-state index in [9.17, 15) is 8.42 Å². The van der Waals surface area contributed by atoms with Gasteiger partial charge in [0.2, 0.25) is 10.0 Å². The van der Waals surface area contributed by atoms with Gasteiger partial charge in [0.15, 0.2) is 0 Å². The molecule has 0 bridgehead atoms. The molecule has 6 heteroatoms.